The van der Waals surface area contributed by atoms with E-state index in [1.54, 1.807) is 18.5 Å². The van der Waals surface area contributed by atoms with Crippen LogP contribution in [-0.4, -0.2) is 43.8 Å². The second kappa shape index (κ2) is 8.61. The van der Waals surface area contributed by atoms with Gasteiger partial charge in [0.2, 0.25) is 0 Å². The molecule has 1 fully saturated rings. The van der Waals surface area contributed by atoms with E-state index < -0.39 is 0 Å². The number of hydrogen-bond donors (Lipinski definition) is 2. The number of anilines is 2. The minimum Gasteiger partial charge on any atom is -0.350 e. The maximum Gasteiger partial charge on any atom is 0.270 e. The van der Waals surface area contributed by atoms with Crippen LogP contribution in [-0.2, 0) is 0 Å². The van der Waals surface area contributed by atoms with E-state index in [-0.39, 0.29) is 17.6 Å². The van der Waals surface area contributed by atoms with Gasteiger partial charge in [0.05, 0.1) is 11.9 Å². The average Bonchev–Trinajstić information content (AvgIpc) is 3.14. The van der Waals surface area contributed by atoms with Crippen LogP contribution in [0.4, 0.5) is 16.0 Å². The van der Waals surface area contributed by atoms with Gasteiger partial charge in [0.15, 0.2) is 0 Å². The second-order valence-electron chi connectivity index (χ2n) is 8.50. The van der Waals surface area contributed by atoms with Crippen LogP contribution >= 0.6 is 0 Å². The fraction of sp³-hybridized carbons (Fsp3) is 0.280. The van der Waals surface area contributed by atoms with Gasteiger partial charge in [0.1, 0.15) is 23.1 Å². The Kier molecular flexibility index (Phi) is 5.50. The summed E-state index contributed by atoms with van der Waals surface area (Å²) >= 11 is 0. The zero-order chi connectivity index (χ0) is 22.9. The van der Waals surface area contributed by atoms with Gasteiger partial charge in [-0.15, -0.1) is 0 Å². The highest BCUT2D eigenvalue weighted by molar-refractivity contribution is 6.00. The minimum atomic E-state index is -0.305. The third-order valence-electron chi connectivity index (χ3n) is 6.23. The molecule has 8 heteroatoms. The number of carbonyl (C=O) groups is 1. The Morgan fingerprint density at radius 1 is 1.09 bits per heavy atom. The van der Waals surface area contributed by atoms with Gasteiger partial charge in [-0.25, -0.2) is 14.4 Å². The molecule has 5 rings (SSSR count). The number of aromatic nitrogens is 4. The maximum atomic E-state index is 13.6. The van der Waals surface area contributed by atoms with Gasteiger partial charge in [-0.1, -0.05) is 6.07 Å². The Bertz CT molecular complexity index is 1330. The second-order valence-corrected chi connectivity index (χ2v) is 8.50. The fourth-order valence-corrected chi connectivity index (χ4v) is 4.43. The lowest BCUT2D eigenvalue weighted by Gasteiger charge is -2.31. The molecule has 33 heavy (non-hydrogen) atoms. The summed E-state index contributed by atoms with van der Waals surface area (Å²) in [6.45, 7) is 5.06. The molecule has 3 aromatic heterocycles. The predicted molar refractivity (Wildman–Crippen MR) is 125 cm³/mol. The van der Waals surface area contributed by atoms with E-state index in [1.807, 2.05) is 36.9 Å². The summed E-state index contributed by atoms with van der Waals surface area (Å²) in [5.41, 5.74) is 3.93. The Balaban J connectivity index is 1.27. The number of benzene rings is 1. The molecule has 2 N–H and O–H groups in total. The van der Waals surface area contributed by atoms with Crippen LogP contribution in [0.15, 0.2) is 48.8 Å². The fourth-order valence-electron chi connectivity index (χ4n) is 4.43. The van der Waals surface area contributed by atoms with E-state index in [9.17, 15) is 9.18 Å². The third-order valence-corrected chi connectivity index (χ3v) is 6.23. The van der Waals surface area contributed by atoms with E-state index in [0.29, 0.717) is 24.6 Å². The molecular formula is C25H25FN6O. The molecule has 0 bridgehead atoms. The van der Waals surface area contributed by atoms with Crippen molar-refractivity contribution in [1.29, 1.82) is 0 Å². The molecule has 1 saturated heterocycles. The average molecular weight is 445 g/mol. The number of hydrogen-bond acceptors (Lipinski definition) is 5. The van der Waals surface area contributed by atoms with Crippen molar-refractivity contribution in [2.45, 2.75) is 32.6 Å². The molecule has 0 spiro atoms. The van der Waals surface area contributed by atoms with Crippen LogP contribution in [0, 0.1) is 19.7 Å². The van der Waals surface area contributed by atoms with E-state index >= 15 is 0 Å². The first-order chi connectivity index (χ1) is 16.0. The number of rotatable bonds is 4. The van der Waals surface area contributed by atoms with E-state index in [2.05, 4.69) is 20.3 Å². The summed E-state index contributed by atoms with van der Waals surface area (Å²) in [7, 11) is 0. The SMILES string of the molecule is Cc1cccc(Nc2cncc(C3CCN(C(=O)c4[nH]c5ccc(F)cc5c4C)CC3)n2)n1. The van der Waals surface area contributed by atoms with E-state index in [0.717, 1.165) is 46.5 Å². The first-order valence-electron chi connectivity index (χ1n) is 11.1. The molecule has 0 unspecified atom stereocenters. The van der Waals surface area contributed by atoms with Crippen molar-refractivity contribution >= 4 is 28.4 Å². The number of likely N-dealkylation sites (tertiary alicyclic amines) is 1. The monoisotopic (exact) mass is 444 g/mol. The first-order valence-corrected chi connectivity index (χ1v) is 11.1. The molecule has 0 atom stereocenters. The number of piperidine rings is 1. The Morgan fingerprint density at radius 2 is 1.91 bits per heavy atom. The van der Waals surface area contributed by atoms with Crippen molar-refractivity contribution in [3.05, 3.63) is 77.3 Å². The molecule has 0 aliphatic carbocycles. The lowest BCUT2D eigenvalue weighted by molar-refractivity contribution is 0.0706. The van der Waals surface area contributed by atoms with Gasteiger partial charge in [-0.05, 0) is 62.6 Å². The zero-order valence-corrected chi connectivity index (χ0v) is 18.6. The number of H-pyrrole nitrogens is 1. The van der Waals surface area contributed by atoms with E-state index in [4.69, 9.17) is 4.98 Å². The maximum absolute atomic E-state index is 13.6. The molecule has 4 heterocycles. The number of fused-ring (bicyclic) bond motifs is 1. The quantitative estimate of drug-likeness (QED) is 0.469. The molecule has 1 aliphatic heterocycles. The molecule has 0 saturated carbocycles. The molecular weight excluding hydrogens is 419 g/mol. The predicted octanol–water partition coefficient (Wildman–Crippen LogP) is 4.87. The van der Waals surface area contributed by atoms with Crippen LogP contribution in [0.5, 0.6) is 0 Å². The van der Waals surface area contributed by atoms with Crippen molar-refractivity contribution < 1.29 is 9.18 Å². The summed E-state index contributed by atoms with van der Waals surface area (Å²) < 4.78 is 13.6. The summed E-state index contributed by atoms with van der Waals surface area (Å²) in [6.07, 6.45) is 5.10. The summed E-state index contributed by atoms with van der Waals surface area (Å²) in [5, 5.41) is 3.96. The molecule has 1 aliphatic rings. The Morgan fingerprint density at radius 3 is 2.70 bits per heavy atom. The first kappa shape index (κ1) is 21.1. The summed E-state index contributed by atoms with van der Waals surface area (Å²) in [4.78, 5) is 31.7. The van der Waals surface area contributed by atoms with Gasteiger partial charge >= 0.3 is 0 Å². The molecule has 0 radical (unpaired) electrons. The highest BCUT2D eigenvalue weighted by Gasteiger charge is 2.27. The van der Waals surface area contributed by atoms with Crippen molar-refractivity contribution in [3.8, 4) is 0 Å². The van der Waals surface area contributed by atoms with Crippen LogP contribution < -0.4 is 5.32 Å². The number of amides is 1. The number of carbonyl (C=O) groups excluding carboxylic acids is 1. The van der Waals surface area contributed by atoms with Crippen LogP contribution in [0.2, 0.25) is 0 Å². The van der Waals surface area contributed by atoms with Crippen molar-refractivity contribution in [1.82, 2.24) is 24.8 Å². The normalized spacial score (nSPS) is 14.6. The highest BCUT2D eigenvalue weighted by atomic mass is 19.1. The van der Waals surface area contributed by atoms with Crippen LogP contribution in [0.1, 0.15) is 46.2 Å². The van der Waals surface area contributed by atoms with Gasteiger partial charge in [0, 0.05) is 41.8 Å². The molecule has 1 aromatic carbocycles. The minimum absolute atomic E-state index is 0.0467. The number of nitrogens with one attached hydrogen (secondary N) is 2. The summed E-state index contributed by atoms with van der Waals surface area (Å²) in [5.74, 6) is 1.27. The molecule has 7 nitrogen and oxygen atoms in total. The highest BCUT2D eigenvalue weighted by Crippen LogP contribution is 2.29. The molecule has 1 amide bonds. The van der Waals surface area contributed by atoms with E-state index in [1.165, 1.54) is 12.1 Å². The van der Waals surface area contributed by atoms with Gasteiger partial charge in [-0.3, -0.25) is 9.78 Å². The van der Waals surface area contributed by atoms with Gasteiger partial charge in [0.25, 0.3) is 5.91 Å². The smallest absolute Gasteiger partial charge is 0.270 e. The lowest BCUT2D eigenvalue weighted by Crippen LogP contribution is -2.38. The topological polar surface area (TPSA) is 86.8 Å². The van der Waals surface area contributed by atoms with Crippen LogP contribution in [0.25, 0.3) is 10.9 Å². The number of aryl methyl sites for hydroxylation is 2. The van der Waals surface area contributed by atoms with Crippen LogP contribution in [0.3, 0.4) is 0 Å². The number of nitrogens with zero attached hydrogens (tertiary/aromatic N) is 4. The number of aromatic amines is 1. The Labute approximate surface area is 191 Å². The van der Waals surface area contributed by atoms with Gasteiger partial charge < -0.3 is 15.2 Å². The molecule has 4 aromatic rings. The Hall–Kier alpha value is -3.81. The van der Waals surface area contributed by atoms with Gasteiger partial charge in [-0.2, -0.15) is 0 Å². The largest absolute Gasteiger partial charge is 0.350 e. The molecule has 168 valence electrons. The standard InChI is InChI=1S/C25H25FN6O/c1-15-4-3-5-22(28-15)31-23-14-27-13-21(29-23)17-8-10-32(11-9-17)25(33)24-16(2)19-12-18(26)6-7-20(19)30-24/h3-7,12-14,17,30H,8-11H2,1-2H3,(H,28,29,31). The third kappa shape index (κ3) is 4.28. The number of pyridine rings is 1. The zero-order valence-electron chi connectivity index (χ0n) is 18.6. The van der Waals surface area contributed by atoms with Crippen molar-refractivity contribution in [2.24, 2.45) is 0 Å². The summed E-state index contributed by atoms with van der Waals surface area (Å²) in [6, 6.07) is 10.3. The lowest BCUT2D eigenvalue weighted by atomic mass is 9.93. The van der Waals surface area contributed by atoms with Crippen molar-refractivity contribution in [3.63, 3.8) is 0 Å². The van der Waals surface area contributed by atoms with Crippen molar-refractivity contribution in [2.75, 3.05) is 18.4 Å². The number of halogens is 1.